The molecule has 0 saturated heterocycles. The van der Waals surface area contributed by atoms with Crippen molar-refractivity contribution in [1.29, 1.82) is 0 Å². The number of hydrogen-bond donors (Lipinski definition) is 1. The number of hydrogen-bond acceptors (Lipinski definition) is 2. The van der Waals surface area contributed by atoms with Gasteiger partial charge < -0.3 is 9.84 Å². The molecule has 1 amide bonds. The van der Waals surface area contributed by atoms with Gasteiger partial charge in [-0.05, 0) is 6.42 Å². The van der Waals surface area contributed by atoms with Gasteiger partial charge in [0.05, 0.1) is 0 Å². The standard InChI is InChI=1S/C6H13NO3/c1-3-4-7(5-10-2)6(8)9/h3-5H2,1-2H3,(H,8,9). The van der Waals surface area contributed by atoms with E-state index in [2.05, 4.69) is 4.74 Å². The molecule has 0 spiro atoms. The fourth-order valence-corrected chi connectivity index (χ4v) is 0.641. The van der Waals surface area contributed by atoms with Crippen LogP contribution in [0.15, 0.2) is 0 Å². The molecule has 4 nitrogen and oxygen atoms in total. The van der Waals surface area contributed by atoms with Crippen LogP contribution in [0, 0.1) is 0 Å². The van der Waals surface area contributed by atoms with Crippen LogP contribution in [0.2, 0.25) is 0 Å². The highest BCUT2D eigenvalue weighted by molar-refractivity contribution is 5.64. The van der Waals surface area contributed by atoms with E-state index in [0.29, 0.717) is 6.54 Å². The van der Waals surface area contributed by atoms with E-state index in [-0.39, 0.29) is 6.73 Å². The zero-order chi connectivity index (χ0) is 7.98. The van der Waals surface area contributed by atoms with Gasteiger partial charge in [0, 0.05) is 13.7 Å². The highest BCUT2D eigenvalue weighted by Gasteiger charge is 2.07. The Morgan fingerprint density at radius 3 is 2.60 bits per heavy atom. The van der Waals surface area contributed by atoms with Crippen molar-refractivity contribution in [3.63, 3.8) is 0 Å². The molecule has 0 fully saturated rings. The molecule has 0 heterocycles. The van der Waals surface area contributed by atoms with Crippen molar-refractivity contribution in [2.75, 3.05) is 20.4 Å². The Labute approximate surface area is 60.4 Å². The third kappa shape index (κ3) is 3.29. The Morgan fingerprint density at radius 2 is 2.30 bits per heavy atom. The number of methoxy groups -OCH3 is 1. The van der Waals surface area contributed by atoms with Crippen LogP contribution in [-0.4, -0.2) is 36.5 Å². The van der Waals surface area contributed by atoms with Gasteiger partial charge >= 0.3 is 6.09 Å². The molecule has 1 N–H and O–H groups in total. The molecule has 0 saturated carbocycles. The van der Waals surface area contributed by atoms with Crippen LogP contribution in [0.5, 0.6) is 0 Å². The molecule has 0 aliphatic rings. The molecule has 0 atom stereocenters. The van der Waals surface area contributed by atoms with Crippen LogP contribution in [-0.2, 0) is 4.74 Å². The van der Waals surface area contributed by atoms with Gasteiger partial charge in [0.2, 0.25) is 0 Å². The normalized spacial score (nSPS) is 9.40. The molecular weight excluding hydrogens is 134 g/mol. The van der Waals surface area contributed by atoms with E-state index in [9.17, 15) is 4.79 Å². The number of amides is 1. The van der Waals surface area contributed by atoms with Gasteiger partial charge in [0.25, 0.3) is 0 Å². The lowest BCUT2D eigenvalue weighted by molar-refractivity contribution is 0.0599. The summed E-state index contributed by atoms with van der Waals surface area (Å²) in [4.78, 5) is 11.5. The van der Waals surface area contributed by atoms with Crippen LogP contribution < -0.4 is 0 Å². The second kappa shape index (κ2) is 5.05. The first-order chi connectivity index (χ1) is 4.72. The van der Waals surface area contributed by atoms with Crippen molar-refractivity contribution in [2.45, 2.75) is 13.3 Å². The summed E-state index contributed by atoms with van der Waals surface area (Å²) >= 11 is 0. The fourth-order valence-electron chi connectivity index (χ4n) is 0.641. The van der Waals surface area contributed by atoms with Gasteiger partial charge in [-0.1, -0.05) is 6.92 Å². The van der Waals surface area contributed by atoms with Gasteiger partial charge in [-0.2, -0.15) is 0 Å². The maximum absolute atomic E-state index is 10.3. The highest BCUT2D eigenvalue weighted by Crippen LogP contribution is 1.91. The van der Waals surface area contributed by atoms with Crippen molar-refractivity contribution < 1.29 is 14.6 Å². The van der Waals surface area contributed by atoms with Crippen LogP contribution in [0.3, 0.4) is 0 Å². The Morgan fingerprint density at radius 1 is 1.70 bits per heavy atom. The first-order valence-corrected chi connectivity index (χ1v) is 3.19. The van der Waals surface area contributed by atoms with Gasteiger partial charge in [0.1, 0.15) is 6.73 Å². The summed E-state index contributed by atoms with van der Waals surface area (Å²) in [5, 5.41) is 8.48. The third-order valence-corrected chi connectivity index (χ3v) is 1.05. The van der Waals surface area contributed by atoms with Crippen molar-refractivity contribution in [3.05, 3.63) is 0 Å². The molecule has 0 radical (unpaired) electrons. The zero-order valence-corrected chi connectivity index (χ0v) is 6.33. The zero-order valence-electron chi connectivity index (χ0n) is 6.33. The van der Waals surface area contributed by atoms with E-state index >= 15 is 0 Å². The minimum Gasteiger partial charge on any atom is -0.465 e. The summed E-state index contributed by atoms with van der Waals surface area (Å²) in [7, 11) is 1.48. The lowest BCUT2D eigenvalue weighted by Crippen LogP contribution is -2.31. The van der Waals surface area contributed by atoms with E-state index in [1.165, 1.54) is 12.0 Å². The van der Waals surface area contributed by atoms with Crippen molar-refractivity contribution in [3.8, 4) is 0 Å². The molecule has 60 valence electrons. The smallest absolute Gasteiger partial charge is 0.409 e. The quantitative estimate of drug-likeness (QED) is 0.603. The summed E-state index contributed by atoms with van der Waals surface area (Å²) < 4.78 is 4.66. The summed E-state index contributed by atoms with van der Waals surface area (Å²) in [6.07, 6.45) is -0.112. The molecule has 4 heteroatoms. The Bertz CT molecular complexity index is 99.2. The van der Waals surface area contributed by atoms with E-state index in [4.69, 9.17) is 5.11 Å². The SMILES string of the molecule is CCCN(COC)C(=O)O. The van der Waals surface area contributed by atoms with E-state index < -0.39 is 6.09 Å². The van der Waals surface area contributed by atoms with Crippen LogP contribution in [0.1, 0.15) is 13.3 Å². The van der Waals surface area contributed by atoms with E-state index in [1.807, 2.05) is 6.92 Å². The fraction of sp³-hybridized carbons (Fsp3) is 0.833. The molecule has 0 aromatic heterocycles. The monoisotopic (exact) mass is 147 g/mol. The van der Waals surface area contributed by atoms with Crippen LogP contribution in [0.4, 0.5) is 4.79 Å². The topological polar surface area (TPSA) is 49.8 Å². The second-order valence-electron chi connectivity index (χ2n) is 1.96. The second-order valence-corrected chi connectivity index (χ2v) is 1.96. The number of rotatable bonds is 4. The number of carbonyl (C=O) groups is 1. The van der Waals surface area contributed by atoms with Crippen LogP contribution >= 0.6 is 0 Å². The average molecular weight is 147 g/mol. The summed E-state index contributed by atoms with van der Waals surface area (Å²) in [6, 6.07) is 0. The molecule has 0 aliphatic carbocycles. The van der Waals surface area contributed by atoms with Crippen molar-refractivity contribution in [2.24, 2.45) is 0 Å². The van der Waals surface area contributed by atoms with E-state index in [0.717, 1.165) is 6.42 Å². The highest BCUT2D eigenvalue weighted by atomic mass is 16.5. The Kier molecular flexibility index (Phi) is 4.66. The molecule has 10 heavy (non-hydrogen) atoms. The predicted molar refractivity (Wildman–Crippen MR) is 36.9 cm³/mol. The lowest BCUT2D eigenvalue weighted by atomic mass is 10.4. The maximum Gasteiger partial charge on any atom is 0.409 e. The van der Waals surface area contributed by atoms with Gasteiger partial charge in [-0.3, -0.25) is 4.90 Å². The van der Waals surface area contributed by atoms with Crippen LogP contribution in [0.25, 0.3) is 0 Å². The van der Waals surface area contributed by atoms with Crippen molar-refractivity contribution in [1.82, 2.24) is 4.90 Å². The molecular formula is C6H13NO3. The first-order valence-electron chi connectivity index (χ1n) is 3.19. The largest absolute Gasteiger partial charge is 0.465 e. The first kappa shape index (κ1) is 9.23. The molecule has 0 aromatic rings. The summed E-state index contributed by atoms with van der Waals surface area (Å²) in [5.41, 5.74) is 0. The van der Waals surface area contributed by atoms with E-state index in [1.54, 1.807) is 0 Å². The van der Waals surface area contributed by atoms with Gasteiger partial charge in [-0.15, -0.1) is 0 Å². The Hall–Kier alpha value is -0.770. The summed E-state index contributed by atoms with van der Waals surface area (Å²) in [6.45, 7) is 2.61. The van der Waals surface area contributed by atoms with Gasteiger partial charge in [0.15, 0.2) is 0 Å². The lowest BCUT2D eigenvalue weighted by Gasteiger charge is -2.16. The molecule has 0 bridgehead atoms. The molecule has 0 aromatic carbocycles. The Balaban J connectivity index is 3.61. The predicted octanol–water partition coefficient (Wildman–Crippen LogP) is 0.980. The minimum atomic E-state index is -0.927. The molecule has 0 unspecified atom stereocenters. The molecule has 0 rings (SSSR count). The summed E-state index contributed by atoms with van der Waals surface area (Å²) in [5.74, 6) is 0. The number of nitrogens with zero attached hydrogens (tertiary/aromatic N) is 1. The molecule has 0 aliphatic heterocycles. The van der Waals surface area contributed by atoms with Crippen molar-refractivity contribution >= 4 is 6.09 Å². The number of ether oxygens (including phenoxy) is 1. The number of carboxylic acid groups (broad SMARTS) is 1. The van der Waals surface area contributed by atoms with Gasteiger partial charge in [-0.25, -0.2) is 4.79 Å². The minimum absolute atomic E-state index is 0.156. The third-order valence-electron chi connectivity index (χ3n) is 1.05. The maximum atomic E-state index is 10.3. The average Bonchev–Trinajstić information content (AvgIpc) is 1.87.